The summed E-state index contributed by atoms with van der Waals surface area (Å²) in [6.45, 7) is 4.83. The predicted molar refractivity (Wildman–Crippen MR) is 49.5 cm³/mol. The molecule has 0 unspecified atom stereocenters. The fourth-order valence-corrected chi connectivity index (χ4v) is 0.981. The fraction of sp³-hybridized carbons (Fsp3) is 1.00. The maximum atomic E-state index is 3.34. The fourth-order valence-electron chi connectivity index (χ4n) is 0.981. The average Bonchev–Trinajstić information content (AvgIpc) is 1.94. The third-order valence-corrected chi connectivity index (χ3v) is 1.56. The van der Waals surface area contributed by atoms with Crippen LogP contribution in [-0.4, -0.2) is 38.1 Å². The van der Waals surface area contributed by atoms with E-state index in [0.29, 0.717) is 0 Å². The van der Waals surface area contributed by atoms with Crippen LogP contribution in [0.5, 0.6) is 0 Å². The monoisotopic (exact) mass is 186 g/mol. The van der Waals surface area contributed by atoms with E-state index in [0.717, 1.165) is 6.54 Å². The van der Waals surface area contributed by atoms with Crippen molar-refractivity contribution in [1.82, 2.24) is 10.2 Å². The minimum atomic E-state index is 0. The number of rotatable bonds is 0. The van der Waals surface area contributed by atoms with Gasteiger partial charge in [-0.25, -0.2) is 0 Å². The highest BCUT2D eigenvalue weighted by Crippen LogP contribution is 1.88. The van der Waals surface area contributed by atoms with E-state index in [1.165, 1.54) is 26.1 Å². The van der Waals surface area contributed by atoms with E-state index in [2.05, 4.69) is 17.3 Å². The number of nitrogens with one attached hydrogen (secondary N) is 1. The van der Waals surface area contributed by atoms with Crippen LogP contribution < -0.4 is 5.32 Å². The molecule has 0 aromatic rings. The van der Waals surface area contributed by atoms with Gasteiger partial charge in [0.25, 0.3) is 0 Å². The molecule has 0 saturated carbocycles. The smallest absolute Gasteiger partial charge is 0.0104 e. The molecule has 0 amide bonds. The molecular formula is C6H16Cl2N2. The summed E-state index contributed by atoms with van der Waals surface area (Å²) in [5.41, 5.74) is 0. The van der Waals surface area contributed by atoms with Gasteiger partial charge in [0.1, 0.15) is 0 Å². The Hall–Kier alpha value is 0.500. The number of hydrogen-bond donors (Lipinski definition) is 1. The van der Waals surface area contributed by atoms with Crippen molar-refractivity contribution in [3.8, 4) is 0 Å². The lowest BCUT2D eigenvalue weighted by Gasteiger charge is -2.09. The molecule has 1 fully saturated rings. The van der Waals surface area contributed by atoms with Crippen molar-refractivity contribution in [3.05, 3.63) is 0 Å². The number of halogens is 2. The van der Waals surface area contributed by atoms with E-state index < -0.39 is 0 Å². The third-order valence-electron chi connectivity index (χ3n) is 1.56. The maximum absolute atomic E-state index is 3.34. The topological polar surface area (TPSA) is 15.3 Å². The summed E-state index contributed by atoms with van der Waals surface area (Å²) in [7, 11) is 2.17. The molecule has 0 spiro atoms. The van der Waals surface area contributed by atoms with E-state index in [9.17, 15) is 0 Å². The van der Waals surface area contributed by atoms with Crippen LogP contribution >= 0.6 is 24.8 Å². The number of likely N-dealkylation sites (N-methyl/N-ethyl adjacent to an activating group) is 1. The largest absolute Gasteiger partial charge is 0.315 e. The zero-order valence-electron chi connectivity index (χ0n) is 6.30. The van der Waals surface area contributed by atoms with Crippen LogP contribution in [0, 0.1) is 0 Å². The summed E-state index contributed by atoms with van der Waals surface area (Å²) >= 11 is 0. The lowest BCUT2D eigenvalue weighted by Crippen LogP contribution is -2.23. The first-order chi connectivity index (χ1) is 3.89. The van der Waals surface area contributed by atoms with Gasteiger partial charge in [0.2, 0.25) is 0 Å². The van der Waals surface area contributed by atoms with Gasteiger partial charge < -0.3 is 10.2 Å². The van der Waals surface area contributed by atoms with Gasteiger partial charge in [-0.1, -0.05) is 0 Å². The molecule has 0 aliphatic carbocycles. The van der Waals surface area contributed by atoms with Gasteiger partial charge >= 0.3 is 0 Å². The molecule has 1 N–H and O–H groups in total. The van der Waals surface area contributed by atoms with Crippen molar-refractivity contribution >= 4 is 24.8 Å². The molecule has 1 aliphatic heterocycles. The molecule has 64 valence electrons. The predicted octanol–water partition coefficient (Wildman–Crippen LogP) is 0.755. The number of nitrogens with zero attached hydrogens (tertiary/aromatic N) is 1. The molecule has 2 nitrogen and oxygen atoms in total. The van der Waals surface area contributed by atoms with Gasteiger partial charge in [-0.15, -0.1) is 24.8 Å². The summed E-state index contributed by atoms with van der Waals surface area (Å²) in [6, 6.07) is 0. The first kappa shape index (κ1) is 13.1. The summed E-state index contributed by atoms with van der Waals surface area (Å²) in [5.74, 6) is 0. The van der Waals surface area contributed by atoms with E-state index in [-0.39, 0.29) is 24.8 Å². The SMILES string of the molecule is CN1CCCNCC1.Cl.Cl. The minimum absolute atomic E-state index is 0. The molecule has 0 aromatic carbocycles. The Morgan fingerprint density at radius 3 is 2.50 bits per heavy atom. The van der Waals surface area contributed by atoms with Crippen LogP contribution in [0.2, 0.25) is 0 Å². The lowest BCUT2D eigenvalue weighted by atomic mass is 10.4. The van der Waals surface area contributed by atoms with Crippen LogP contribution in [0.3, 0.4) is 0 Å². The van der Waals surface area contributed by atoms with Gasteiger partial charge in [0, 0.05) is 13.1 Å². The Kier molecular flexibility index (Phi) is 9.97. The van der Waals surface area contributed by atoms with E-state index in [4.69, 9.17) is 0 Å². The highest BCUT2D eigenvalue weighted by atomic mass is 35.5. The van der Waals surface area contributed by atoms with Crippen LogP contribution in [0.25, 0.3) is 0 Å². The quantitative estimate of drug-likeness (QED) is 0.602. The minimum Gasteiger partial charge on any atom is -0.315 e. The summed E-state index contributed by atoms with van der Waals surface area (Å²) in [6.07, 6.45) is 1.30. The molecule has 0 atom stereocenters. The zero-order chi connectivity index (χ0) is 5.82. The molecule has 1 rings (SSSR count). The zero-order valence-corrected chi connectivity index (χ0v) is 7.93. The van der Waals surface area contributed by atoms with Crippen molar-refractivity contribution in [2.75, 3.05) is 33.2 Å². The molecule has 0 aromatic heterocycles. The van der Waals surface area contributed by atoms with Crippen LogP contribution in [-0.2, 0) is 0 Å². The second-order valence-corrected chi connectivity index (χ2v) is 2.41. The van der Waals surface area contributed by atoms with Gasteiger partial charge in [-0.3, -0.25) is 0 Å². The Morgan fingerprint density at radius 2 is 1.80 bits per heavy atom. The second kappa shape index (κ2) is 7.61. The van der Waals surface area contributed by atoms with Crippen molar-refractivity contribution < 1.29 is 0 Å². The average molecular weight is 187 g/mol. The van der Waals surface area contributed by atoms with Crippen molar-refractivity contribution in [2.45, 2.75) is 6.42 Å². The first-order valence-corrected chi connectivity index (χ1v) is 3.29. The van der Waals surface area contributed by atoms with Gasteiger partial charge in [0.15, 0.2) is 0 Å². The van der Waals surface area contributed by atoms with Crippen LogP contribution in [0.1, 0.15) is 6.42 Å². The van der Waals surface area contributed by atoms with Gasteiger partial charge in [0.05, 0.1) is 0 Å². The molecule has 1 saturated heterocycles. The summed E-state index contributed by atoms with van der Waals surface area (Å²) in [5, 5.41) is 3.34. The molecule has 4 heteroatoms. The second-order valence-electron chi connectivity index (χ2n) is 2.41. The Balaban J connectivity index is 0. The molecule has 0 radical (unpaired) electrons. The molecule has 1 aliphatic rings. The van der Waals surface area contributed by atoms with Crippen molar-refractivity contribution in [1.29, 1.82) is 0 Å². The summed E-state index contributed by atoms with van der Waals surface area (Å²) in [4.78, 5) is 2.36. The van der Waals surface area contributed by atoms with Crippen LogP contribution in [0.4, 0.5) is 0 Å². The highest BCUT2D eigenvalue weighted by molar-refractivity contribution is 5.85. The molecule has 10 heavy (non-hydrogen) atoms. The first-order valence-electron chi connectivity index (χ1n) is 3.29. The summed E-state index contributed by atoms with van der Waals surface area (Å²) < 4.78 is 0. The molecule has 1 heterocycles. The van der Waals surface area contributed by atoms with Crippen LogP contribution in [0.15, 0.2) is 0 Å². The maximum Gasteiger partial charge on any atom is 0.0104 e. The Bertz CT molecular complexity index is 62.8. The van der Waals surface area contributed by atoms with E-state index >= 15 is 0 Å². The Labute approximate surface area is 75.2 Å². The van der Waals surface area contributed by atoms with Gasteiger partial charge in [-0.05, 0) is 26.6 Å². The standard InChI is InChI=1S/C6H14N2.2ClH/c1-8-5-2-3-7-4-6-8;;/h7H,2-6H2,1H3;2*1H. The van der Waals surface area contributed by atoms with Crippen molar-refractivity contribution in [2.24, 2.45) is 0 Å². The van der Waals surface area contributed by atoms with Crippen molar-refractivity contribution in [3.63, 3.8) is 0 Å². The number of hydrogen-bond acceptors (Lipinski definition) is 2. The normalized spacial score (nSPS) is 20.1. The van der Waals surface area contributed by atoms with E-state index in [1.807, 2.05) is 0 Å². The van der Waals surface area contributed by atoms with Gasteiger partial charge in [-0.2, -0.15) is 0 Å². The Morgan fingerprint density at radius 1 is 1.10 bits per heavy atom. The molecular weight excluding hydrogens is 171 g/mol. The van der Waals surface area contributed by atoms with E-state index in [1.54, 1.807) is 0 Å². The third kappa shape index (κ3) is 5.30. The lowest BCUT2D eigenvalue weighted by molar-refractivity contribution is 0.358. The molecule has 0 bridgehead atoms. The highest BCUT2D eigenvalue weighted by Gasteiger charge is 2.00.